The van der Waals surface area contributed by atoms with Crippen molar-refractivity contribution >= 4 is 22.9 Å². The number of nitrogens with one attached hydrogen (secondary N) is 1. The van der Waals surface area contributed by atoms with Crippen molar-refractivity contribution in [1.29, 1.82) is 0 Å². The molecule has 1 aromatic carbocycles. The van der Waals surface area contributed by atoms with E-state index in [1.165, 1.54) is 12.8 Å². The zero-order valence-electron chi connectivity index (χ0n) is 17.9. The number of thiazole rings is 1. The van der Waals surface area contributed by atoms with E-state index in [4.69, 9.17) is 0 Å². The lowest BCUT2D eigenvalue weighted by atomic mass is 9.49. The lowest BCUT2D eigenvalue weighted by Gasteiger charge is -2.57. The van der Waals surface area contributed by atoms with E-state index in [-0.39, 0.29) is 11.8 Å². The number of rotatable bonds is 5. The molecule has 3 aliphatic carbocycles. The molecule has 2 bridgehead atoms. The van der Waals surface area contributed by atoms with Gasteiger partial charge in [-0.15, -0.1) is 11.3 Å². The van der Waals surface area contributed by atoms with E-state index < -0.39 is 0 Å². The Morgan fingerprint density at radius 3 is 2.83 bits per heavy atom. The summed E-state index contributed by atoms with van der Waals surface area (Å²) in [6, 6.07) is 8.00. The van der Waals surface area contributed by atoms with Crippen LogP contribution in [-0.2, 0) is 4.79 Å². The van der Waals surface area contributed by atoms with Gasteiger partial charge in [0.2, 0.25) is 5.91 Å². The molecule has 0 unspecified atom stereocenters. The van der Waals surface area contributed by atoms with E-state index in [1.54, 1.807) is 16.9 Å². The molecule has 4 aliphatic rings. The highest BCUT2D eigenvalue weighted by molar-refractivity contribution is 7.07. The second kappa shape index (κ2) is 7.93. The Hall–Kier alpha value is -1.98. The van der Waals surface area contributed by atoms with Crippen molar-refractivity contribution in [1.82, 2.24) is 9.88 Å². The van der Waals surface area contributed by atoms with Crippen LogP contribution in [0.1, 0.15) is 39.5 Å². The van der Waals surface area contributed by atoms with Crippen LogP contribution in [0.3, 0.4) is 0 Å². The summed E-state index contributed by atoms with van der Waals surface area (Å²) in [6.07, 6.45) is 7.05. The fraction of sp³-hybridized carbons (Fsp3) is 0.520. The first-order valence-corrected chi connectivity index (χ1v) is 12.2. The Balaban J connectivity index is 1.14. The highest BCUT2D eigenvalue weighted by atomic mass is 32.1. The van der Waals surface area contributed by atoms with Crippen molar-refractivity contribution in [2.45, 2.75) is 39.5 Å². The van der Waals surface area contributed by atoms with Crippen molar-refractivity contribution in [3.05, 3.63) is 46.8 Å². The van der Waals surface area contributed by atoms with Crippen LogP contribution in [0.25, 0.3) is 11.3 Å². The number of hydrogen-bond donors (Lipinski definition) is 1. The number of hydrogen-bond acceptors (Lipinski definition) is 4. The van der Waals surface area contributed by atoms with E-state index in [0.717, 1.165) is 61.3 Å². The summed E-state index contributed by atoms with van der Waals surface area (Å²) in [5, 5.41) is 5.17. The molecular formula is C25H31N3OS. The Labute approximate surface area is 183 Å². The molecule has 1 aliphatic heterocycles. The van der Waals surface area contributed by atoms with Crippen LogP contribution < -0.4 is 5.32 Å². The minimum atomic E-state index is 0.106. The first-order chi connectivity index (χ1) is 14.5. The minimum Gasteiger partial charge on any atom is -0.326 e. The second-order valence-corrected chi connectivity index (χ2v) is 10.5. The quantitative estimate of drug-likeness (QED) is 0.653. The molecule has 2 atom stereocenters. The topological polar surface area (TPSA) is 45.2 Å². The van der Waals surface area contributed by atoms with Gasteiger partial charge < -0.3 is 5.32 Å². The van der Waals surface area contributed by atoms with Gasteiger partial charge in [0.1, 0.15) is 0 Å². The molecule has 158 valence electrons. The van der Waals surface area contributed by atoms with Crippen LogP contribution in [0.4, 0.5) is 5.69 Å². The maximum Gasteiger partial charge on any atom is 0.227 e. The largest absolute Gasteiger partial charge is 0.326 e. The molecule has 2 heterocycles. The van der Waals surface area contributed by atoms with E-state index in [0.29, 0.717) is 5.41 Å². The van der Waals surface area contributed by atoms with Crippen molar-refractivity contribution in [2.24, 2.45) is 23.2 Å². The molecule has 1 saturated heterocycles. The summed E-state index contributed by atoms with van der Waals surface area (Å²) in [4.78, 5) is 19.8. The van der Waals surface area contributed by atoms with E-state index in [9.17, 15) is 4.79 Å². The number of fused-ring (bicyclic) bond motifs is 1. The average molecular weight is 422 g/mol. The maximum absolute atomic E-state index is 12.9. The number of piperidine rings is 1. The van der Waals surface area contributed by atoms with Gasteiger partial charge in [0.25, 0.3) is 0 Å². The van der Waals surface area contributed by atoms with Gasteiger partial charge in [-0.3, -0.25) is 9.69 Å². The molecule has 0 spiro atoms. The average Bonchev–Trinajstić information content (AvgIpc) is 3.29. The molecule has 6 rings (SSSR count). The Morgan fingerprint density at radius 1 is 1.30 bits per heavy atom. The molecule has 30 heavy (non-hydrogen) atoms. The number of carbonyl (C=O) groups excluding carboxylic acids is 1. The van der Waals surface area contributed by atoms with Gasteiger partial charge in [0.15, 0.2) is 0 Å². The normalized spacial score (nSPS) is 26.0. The third kappa shape index (κ3) is 3.74. The first-order valence-electron chi connectivity index (χ1n) is 11.2. The van der Waals surface area contributed by atoms with Crippen LogP contribution in [0.15, 0.2) is 46.8 Å². The van der Waals surface area contributed by atoms with Gasteiger partial charge in [0.05, 0.1) is 11.2 Å². The Bertz CT molecular complexity index is 941. The summed E-state index contributed by atoms with van der Waals surface area (Å²) in [7, 11) is 0. The van der Waals surface area contributed by atoms with Crippen molar-refractivity contribution < 1.29 is 4.79 Å². The third-order valence-electron chi connectivity index (χ3n) is 7.81. The van der Waals surface area contributed by atoms with Crippen LogP contribution in [-0.4, -0.2) is 35.4 Å². The lowest BCUT2D eigenvalue weighted by molar-refractivity contribution is -0.121. The third-order valence-corrected chi connectivity index (χ3v) is 8.39. The summed E-state index contributed by atoms with van der Waals surface area (Å²) >= 11 is 1.58. The molecule has 1 aromatic heterocycles. The molecule has 1 saturated carbocycles. The SMILES string of the molecule is CC1(C)[C@H]2CC=C(CN3CCC(C(=O)Nc4cccc(-c5cscn5)c4)CC3)[C@@H]1C2. The Morgan fingerprint density at radius 2 is 2.13 bits per heavy atom. The molecule has 4 nitrogen and oxygen atoms in total. The fourth-order valence-electron chi connectivity index (χ4n) is 5.62. The number of benzene rings is 1. The molecular weight excluding hydrogens is 390 g/mol. The van der Waals surface area contributed by atoms with Gasteiger partial charge in [-0.2, -0.15) is 0 Å². The van der Waals surface area contributed by atoms with Gasteiger partial charge in [-0.05, 0) is 68.2 Å². The number of anilines is 1. The predicted molar refractivity (Wildman–Crippen MR) is 123 cm³/mol. The number of carbonyl (C=O) groups is 1. The van der Waals surface area contributed by atoms with Crippen LogP contribution in [0, 0.1) is 23.2 Å². The van der Waals surface area contributed by atoms with Crippen molar-refractivity contribution in [3.8, 4) is 11.3 Å². The zero-order valence-corrected chi connectivity index (χ0v) is 18.8. The van der Waals surface area contributed by atoms with Gasteiger partial charge in [-0.25, -0.2) is 4.98 Å². The summed E-state index contributed by atoms with van der Waals surface area (Å²) in [5.41, 5.74) is 6.86. The highest BCUT2D eigenvalue weighted by Crippen LogP contribution is 2.59. The predicted octanol–water partition coefficient (Wildman–Crippen LogP) is 5.45. The standard InChI is InChI=1S/C25H31N3OS/c1-25(2)20-7-6-19(22(25)13-20)14-28-10-8-17(9-11-28)24(29)27-21-5-3-4-18(12-21)23-15-30-16-26-23/h3-6,12,15-17,20,22H,7-11,13-14H2,1-2H3,(H,27,29)/t20-,22-/m0/s1. The van der Waals surface area contributed by atoms with Crippen LogP contribution >= 0.6 is 11.3 Å². The summed E-state index contributed by atoms with van der Waals surface area (Å²) in [5.74, 6) is 1.94. The molecule has 0 radical (unpaired) electrons. The van der Waals surface area contributed by atoms with E-state index in [2.05, 4.69) is 35.1 Å². The maximum atomic E-state index is 12.9. The highest BCUT2D eigenvalue weighted by Gasteiger charge is 2.51. The van der Waals surface area contributed by atoms with Crippen LogP contribution in [0.5, 0.6) is 0 Å². The first kappa shape index (κ1) is 20.0. The lowest BCUT2D eigenvalue weighted by Crippen LogP contribution is -2.50. The van der Waals surface area contributed by atoms with Gasteiger partial charge >= 0.3 is 0 Å². The molecule has 1 amide bonds. The monoisotopic (exact) mass is 421 g/mol. The second-order valence-electron chi connectivity index (χ2n) is 9.82. The fourth-order valence-corrected chi connectivity index (χ4v) is 6.18. The van der Waals surface area contributed by atoms with Crippen molar-refractivity contribution in [3.63, 3.8) is 0 Å². The summed E-state index contributed by atoms with van der Waals surface area (Å²) in [6.45, 7) is 8.03. The van der Waals surface area contributed by atoms with E-state index in [1.807, 2.05) is 35.2 Å². The van der Waals surface area contributed by atoms with Gasteiger partial charge in [-0.1, -0.05) is 37.6 Å². The summed E-state index contributed by atoms with van der Waals surface area (Å²) < 4.78 is 0. The number of amides is 1. The van der Waals surface area contributed by atoms with Crippen LogP contribution in [0.2, 0.25) is 0 Å². The zero-order chi connectivity index (χ0) is 20.7. The molecule has 1 N–H and O–H groups in total. The van der Waals surface area contributed by atoms with E-state index >= 15 is 0 Å². The molecule has 2 fully saturated rings. The Kier molecular flexibility index (Phi) is 5.28. The number of aromatic nitrogens is 1. The molecule has 2 aromatic rings. The molecule has 5 heteroatoms. The van der Waals surface area contributed by atoms with Gasteiger partial charge in [0, 0.05) is 29.1 Å². The van der Waals surface area contributed by atoms with Crippen molar-refractivity contribution in [2.75, 3.05) is 25.0 Å². The number of nitrogens with zero attached hydrogens (tertiary/aromatic N) is 2. The minimum absolute atomic E-state index is 0.106. The smallest absolute Gasteiger partial charge is 0.227 e. The number of likely N-dealkylation sites (tertiary alicyclic amines) is 1. The number of allylic oxidation sites excluding steroid dienone is 1.